The molecule has 12 heavy (non-hydrogen) atoms. The summed E-state index contributed by atoms with van der Waals surface area (Å²) >= 11 is 0. The van der Waals surface area contributed by atoms with Gasteiger partial charge in [0.05, 0.1) is 12.2 Å². The van der Waals surface area contributed by atoms with Crippen LogP contribution in [0.3, 0.4) is 0 Å². The van der Waals surface area contributed by atoms with Gasteiger partial charge in [-0.2, -0.15) is 0 Å². The molecule has 0 unspecified atom stereocenters. The van der Waals surface area contributed by atoms with Crippen LogP contribution in [0.5, 0.6) is 0 Å². The topological polar surface area (TPSA) is 35.5 Å². The summed E-state index contributed by atoms with van der Waals surface area (Å²) in [7, 11) is 0. The molecule has 0 aromatic carbocycles. The van der Waals surface area contributed by atoms with Crippen molar-refractivity contribution in [3.05, 3.63) is 24.0 Å². The van der Waals surface area contributed by atoms with Gasteiger partial charge in [0.15, 0.2) is 0 Å². The van der Waals surface area contributed by atoms with Gasteiger partial charge in [0.1, 0.15) is 5.76 Å². The number of rotatable bonds is 1. The Morgan fingerprint density at radius 2 is 2.50 bits per heavy atom. The first kappa shape index (κ1) is 7.55. The Balaban J connectivity index is 2.06. The highest BCUT2D eigenvalue weighted by atomic mass is 16.5. The highest BCUT2D eigenvalue weighted by Gasteiger charge is 2.25. The molecule has 0 saturated carbocycles. The van der Waals surface area contributed by atoms with E-state index < -0.39 is 0 Å². The zero-order valence-electron chi connectivity index (χ0n) is 6.82. The van der Waals surface area contributed by atoms with Gasteiger partial charge < -0.3 is 9.47 Å². The summed E-state index contributed by atoms with van der Waals surface area (Å²) < 4.78 is 10.4. The van der Waals surface area contributed by atoms with Gasteiger partial charge in [0.25, 0.3) is 0 Å². The smallest absolute Gasteiger partial charge is 0.307 e. The van der Waals surface area contributed by atoms with Gasteiger partial charge in [-0.05, 0) is 6.08 Å². The van der Waals surface area contributed by atoms with Crippen LogP contribution in [0.15, 0.2) is 24.0 Å². The molecule has 0 saturated heterocycles. The van der Waals surface area contributed by atoms with Crippen LogP contribution < -0.4 is 0 Å². The molecule has 0 amide bonds. The molecule has 0 N–H and O–H groups in total. The van der Waals surface area contributed by atoms with E-state index in [9.17, 15) is 4.79 Å². The molecular formula is C9H10O3. The quantitative estimate of drug-likeness (QED) is 0.433. The van der Waals surface area contributed by atoms with Crippen molar-refractivity contribution in [2.45, 2.75) is 25.6 Å². The van der Waals surface area contributed by atoms with Gasteiger partial charge >= 0.3 is 5.97 Å². The zero-order valence-corrected chi connectivity index (χ0v) is 6.82. The molecule has 2 rings (SSSR count). The summed E-state index contributed by atoms with van der Waals surface area (Å²) in [6.07, 6.45) is 6.60. The van der Waals surface area contributed by atoms with Crippen molar-refractivity contribution in [1.29, 1.82) is 0 Å². The van der Waals surface area contributed by atoms with Gasteiger partial charge in [0.2, 0.25) is 0 Å². The van der Waals surface area contributed by atoms with Gasteiger partial charge in [-0.15, -0.1) is 0 Å². The van der Waals surface area contributed by atoms with Crippen LogP contribution in [0.2, 0.25) is 0 Å². The minimum absolute atomic E-state index is 0.0121. The van der Waals surface area contributed by atoms with Crippen LogP contribution >= 0.6 is 0 Å². The number of esters is 1. The molecule has 64 valence electrons. The van der Waals surface area contributed by atoms with Crippen molar-refractivity contribution >= 4 is 5.97 Å². The number of carbonyl (C=O) groups is 1. The van der Waals surface area contributed by atoms with Gasteiger partial charge in [0, 0.05) is 13.3 Å². The molecule has 3 nitrogen and oxygen atoms in total. The first-order chi connectivity index (χ1) is 5.74. The molecule has 3 heteroatoms. The number of carbonyl (C=O) groups excluding carboxylic acids is 1. The molecular weight excluding hydrogens is 156 g/mol. The molecule has 0 aromatic heterocycles. The minimum Gasteiger partial charge on any atom is -0.431 e. The van der Waals surface area contributed by atoms with Crippen LogP contribution in [-0.2, 0) is 14.3 Å². The molecule has 0 aromatic rings. The van der Waals surface area contributed by atoms with Crippen molar-refractivity contribution in [2.24, 2.45) is 0 Å². The number of hydrogen-bond donors (Lipinski definition) is 0. The highest BCUT2D eigenvalue weighted by Crippen LogP contribution is 2.26. The van der Waals surface area contributed by atoms with Crippen LogP contribution in [0, 0.1) is 0 Å². The summed E-state index contributed by atoms with van der Waals surface area (Å²) in [6, 6.07) is 0. The van der Waals surface area contributed by atoms with E-state index in [1.54, 1.807) is 0 Å². The predicted octanol–water partition coefficient (Wildman–Crippen LogP) is 1.16. The molecule has 2 aliphatic heterocycles. The maximum absolute atomic E-state index is 10.6. The Hall–Kier alpha value is -1.09. The molecule has 0 spiro atoms. The van der Waals surface area contributed by atoms with E-state index in [4.69, 9.17) is 9.47 Å². The fourth-order valence-electron chi connectivity index (χ4n) is 1.45. The van der Waals surface area contributed by atoms with Crippen molar-refractivity contribution in [3.8, 4) is 0 Å². The zero-order chi connectivity index (χ0) is 8.55. The second-order valence-electron chi connectivity index (χ2n) is 2.95. The minimum atomic E-state index is -0.262. The third kappa shape index (κ3) is 1.41. The summed E-state index contributed by atoms with van der Waals surface area (Å²) in [6.45, 7) is 1.41. The summed E-state index contributed by atoms with van der Waals surface area (Å²) in [5, 5.41) is 0. The Labute approximate surface area is 70.7 Å². The third-order valence-electron chi connectivity index (χ3n) is 1.87. The number of ether oxygens (including phenoxy) is 2. The Morgan fingerprint density at radius 3 is 3.17 bits per heavy atom. The van der Waals surface area contributed by atoms with Crippen molar-refractivity contribution in [2.75, 3.05) is 0 Å². The standard InChI is InChI=1S/C9H10O3/c1-6(10)11-9-4-7-2-3-8(5-9)12-7/h2-4,7-8H,5H2,1H3/t7-,8+/m0/s1. The molecule has 2 bridgehead atoms. The normalized spacial score (nSPS) is 31.6. The largest absolute Gasteiger partial charge is 0.431 e. The first-order valence-corrected chi connectivity index (χ1v) is 3.97. The van der Waals surface area contributed by atoms with E-state index in [1.165, 1.54) is 6.92 Å². The number of hydrogen-bond acceptors (Lipinski definition) is 3. The van der Waals surface area contributed by atoms with Gasteiger partial charge in [-0.3, -0.25) is 4.79 Å². The average molecular weight is 166 g/mol. The molecule has 2 heterocycles. The maximum atomic E-state index is 10.6. The SMILES string of the molecule is CC(=O)OC1=C[C@@H]2C=C[C@H](C1)O2. The Bertz CT molecular complexity index is 265. The first-order valence-electron chi connectivity index (χ1n) is 3.97. The van der Waals surface area contributed by atoms with E-state index in [-0.39, 0.29) is 18.2 Å². The number of fused-ring (bicyclic) bond motifs is 2. The highest BCUT2D eigenvalue weighted by molar-refractivity contribution is 5.67. The fraction of sp³-hybridized carbons (Fsp3) is 0.444. The molecule has 0 aliphatic carbocycles. The summed E-state index contributed by atoms with van der Waals surface area (Å²) in [4.78, 5) is 10.6. The van der Waals surface area contributed by atoms with E-state index in [0.717, 1.165) is 5.76 Å². The fourth-order valence-corrected chi connectivity index (χ4v) is 1.45. The summed E-state index contributed by atoms with van der Waals surface area (Å²) in [5.74, 6) is 0.469. The van der Waals surface area contributed by atoms with Gasteiger partial charge in [-0.25, -0.2) is 0 Å². The third-order valence-corrected chi connectivity index (χ3v) is 1.87. The maximum Gasteiger partial charge on any atom is 0.307 e. The molecule has 0 radical (unpaired) electrons. The second-order valence-corrected chi connectivity index (χ2v) is 2.95. The molecule has 2 aliphatic rings. The summed E-state index contributed by atoms with van der Waals surface area (Å²) in [5.41, 5.74) is 0. The lowest BCUT2D eigenvalue weighted by Gasteiger charge is -2.19. The van der Waals surface area contributed by atoms with E-state index >= 15 is 0 Å². The van der Waals surface area contributed by atoms with E-state index in [0.29, 0.717) is 6.42 Å². The van der Waals surface area contributed by atoms with Crippen molar-refractivity contribution in [3.63, 3.8) is 0 Å². The Kier molecular flexibility index (Phi) is 1.73. The lowest BCUT2D eigenvalue weighted by Crippen LogP contribution is -2.19. The predicted molar refractivity (Wildman–Crippen MR) is 42.3 cm³/mol. The molecule has 2 atom stereocenters. The second kappa shape index (κ2) is 2.75. The van der Waals surface area contributed by atoms with Crippen LogP contribution in [0.25, 0.3) is 0 Å². The van der Waals surface area contributed by atoms with Crippen molar-refractivity contribution in [1.82, 2.24) is 0 Å². The van der Waals surface area contributed by atoms with E-state index in [2.05, 4.69) is 0 Å². The average Bonchev–Trinajstić information content (AvgIpc) is 2.29. The Morgan fingerprint density at radius 1 is 1.67 bits per heavy atom. The van der Waals surface area contributed by atoms with Crippen LogP contribution in [0.4, 0.5) is 0 Å². The van der Waals surface area contributed by atoms with Crippen molar-refractivity contribution < 1.29 is 14.3 Å². The molecule has 0 fully saturated rings. The van der Waals surface area contributed by atoms with E-state index in [1.807, 2.05) is 18.2 Å². The van der Waals surface area contributed by atoms with Crippen LogP contribution in [-0.4, -0.2) is 18.2 Å². The lowest BCUT2D eigenvalue weighted by molar-refractivity contribution is -0.137. The monoisotopic (exact) mass is 166 g/mol. The van der Waals surface area contributed by atoms with Crippen LogP contribution in [0.1, 0.15) is 13.3 Å². The van der Waals surface area contributed by atoms with Gasteiger partial charge in [-0.1, -0.05) is 12.2 Å². The lowest BCUT2D eigenvalue weighted by atomic mass is 10.2.